The number of aromatic nitrogens is 2. The lowest BCUT2D eigenvalue weighted by Crippen LogP contribution is -2.32. The largest absolute Gasteiger partial charge is 0.463 e. The van der Waals surface area contributed by atoms with Gasteiger partial charge in [-0.2, -0.15) is 0 Å². The normalized spacial score (nSPS) is 16.1. The number of hydrogen-bond acceptors (Lipinski definition) is 7. The van der Waals surface area contributed by atoms with Gasteiger partial charge < -0.3 is 10.1 Å². The minimum absolute atomic E-state index is 0.198. The van der Waals surface area contributed by atoms with Gasteiger partial charge >= 0.3 is 5.97 Å². The van der Waals surface area contributed by atoms with Crippen LogP contribution in [-0.2, 0) is 16.1 Å². The van der Waals surface area contributed by atoms with E-state index in [2.05, 4.69) is 38.4 Å². The number of benzene rings is 1. The fraction of sp³-hybridized carbons (Fsp3) is 0.316. The van der Waals surface area contributed by atoms with Gasteiger partial charge in [-0.05, 0) is 31.0 Å². The Balaban J connectivity index is 1.46. The van der Waals surface area contributed by atoms with Crippen LogP contribution in [0, 0.1) is 0 Å². The summed E-state index contributed by atoms with van der Waals surface area (Å²) in [5.74, 6) is 0.601. The zero-order chi connectivity index (χ0) is 17.9. The van der Waals surface area contributed by atoms with Gasteiger partial charge in [-0.3, -0.25) is 4.90 Å². The highest BCUT2D eigenvalue weighted by molar-refractivity contribution is 7.99. The van der Waals surface area contributed by atoms with Gasteiger partial charge in [0.25, 0.3) is 0 Å². The van der Waals surface area contributed by atoms with Crippen LogP contribution in [-0.4, -0.2) is 40.5 Å². The van der Waals surface area contributed by atoms with Gasteiger partial charge in [0.05, 0.1) is 12.3 Å². The first-order valence-electron chi connectivity index (χ1n) is 8.70. The fourth-order valence-corrected chi connectivity index (χ4v) is 4.03. The first kappa shape index (κ1) is 17.1. The molecule has 4 rings (SSSR count). The number of rotatable bonds is 4. The average Bonchev–Trinajstić information content (AvgIpc) is 2.67. The Labute approximate surface area is 156 Å². The van der Waals surface area contributed by atoms with E-state index < -0.39 is 0 Å². The summed E-state index contributed by atoms with van der Waals surface area (Å²) >= 11 is 1.63. The van der Waals surface area contributed by atoms with Crippen LogP contribution in [0.25, 0.3) is 0 Å². The number of carbonyl (C=O) groups is 1. The average molecular weight is 368 g/mol. The van der Waals surface area contributed by atoms with E-state index in [1.807, 2.05) is 13.0 Å². The van der Waals surface area contributed by atoms with Gasteiger partial charge in [0.15, 0.2) is 5.82 Å². The second-order valence-electron chi connectivity index (χ2n) is 6.22. The summed E-state index contributed by atoms with van der Waals surface area (Å²) in [6, 6.07) is 6.41. The Morgan fingerprint density at radius 1 is 1.35 bits per heavy atom. The maximum Gasteiger partial charge on any atom is 0.334 e. The molecule has 0 saturated carbocycles. The molecule has 1 N–H and O–H groups in total. The third-order valence-corrected chi connectivity index (χ3v) is 5.41. The van der Waals surface area contributed by atoms with Crippen molar-refractivity contribution in [1.82, 2.24) is 14.9 Å². The van der Waals surface area contributed by atoms with Gasteiger partial charge in [-0.25, -0.2) is 14.8 Å². The lowest BCUT2D eigenvalue weighted by molar-refractivity contribution is -0.138. The number of nitrogens with zero attached hydrogens (tertiary/aromatic N) is 3. The van der Waals surface area contributed by atoms with Crippen molar-refractivity contribution >= 4 is 29.2 Å². The van der Waals surface area contributed by atoms with Crippen molar-refractivity contribution in [3.05, 3.63) is 47.8 Å². The number of hydrogen-bond donors (Lipinski definition) is 1. The number of carbonyl (C=O) groups excluding carboxylic acids is 1. The third-order valence-electron chi connectivity index (χ3n) is 4.34. The van der Waals surface area contributed by atoms with Crippen LogP contribution in [0.15, 0.2) is 52.2 Å². The second-order valence-corrected chi connectivity index (χ2v) is 7.25. The number of anilines is 2. The van der Waals surface area contributed by atoms with Crippen LogP contribution in [0.3, 0.4) is 0 Å². The van der Waals surface area contributed by atoms with Crippen LogP contribution in [0.1, 0.15) is 18.9 Å². The molecule has 0 radical (unpaired) electrons. The molecular formula is C19H20N4O2S. The summed E-state index contributed by atoms with van der Waals surface area (Å²) in [7, 11) is 0. The highest BCUT2D eigenvalue weighted by atomic mass is 32.2. The lowest BCUT2D eigenvalue weighted by atomic mass is 10.1. The van der Waals surface area contributed by atoms with Gasteiger partial charge in [-0.1, -0.05) is 23.9 Å². The minimum atomic E-state index is -0.198. The smallest absolute Gasteiger partial charge is 0.334 e. The topological polar surface area (TPSA) is 67.3 Å². The zero-order valence-electron chi connectivity index (χ0n) is 14.6. The molecule has 1 aromatic carbocycles. The highest BCUT2D eigenvalue weighted by Crippen LogP contribution is 2.42. The predicted octanol–water partition coefficient (Wildman–Crippen LogP) is 3.38. The highest BCUT2D eigenvalue weighted by Gasteiger charge is 2.21. The number of nitrogens with one attached hydrogen (secondary N) is 1. The molecule has 3 heterocycles. The summed E-state index contributed by atoms with van der Waals surface area (Å²) in [5, 5.41) is 4.26. The molecule has 2 aromatic rings. The Morgan fingerprint density at radius 3 is 3.12 bits per heavy atom. The van der Waals surface area contributed by atoms with Gasteiger partial charge in [0, 0.05) is 42.5 Å². The summed E-state index contributed by atoms with van der Waals surface area (Å²) in [6.07, 6.45) is 6.27. The molecule has 0 atom stereocenters. The van der Waals surface area contributed by atoms with Gasteiger partial charge in [0.2, 0.25) is 0 Å². The first-order chi connectivity index (χ1) is 12.7. The van der Waals surface area contributed by atoms with Crippen molar-refractivity contribution in [2.45, 2.75) is 29.8 Å². The van der Waals surface area contributed by atoms with Crippen molar-refractivity contribution in [2.24, 2.45) is 0 Å². The number of esters is 1. The van der Waals surface area contributed by atoms with Crippen molar-refractivity contribution in [3.8, 4) is 0 Å². The van der Waals surface area contributed by atoms with Crippen molar-refractivity contribution in [2.75, 3.05) is 25.0 Å². The standard InChI is InChI=1S/C19H20N4O2S/c1-2-25-19(24)14-4-3-9-23(12-14)11-13-5-6-16-15(10-13)22-17-18(26-16)21-8-7-20-17/h4-8,10H,2-3,9,11-12H2,1H3,(H,20,22). The number of ether oxygens (including phenoxy) is 1. The van der Waals surface area contributed by atoms with Crippen molar-refractivity contribution in [3.63, 3.8) is 0 Å². The molecule has 134 valence electrons. The summed E-state index contributed by atoms with van der Waals surface area (Å²) in [4.78, 5) is 24.1. The maximum absolute atomic E-state index is 12.0. The monoisotopic (exact) mass is 368 g/mol. The van der Waals surface area contributed by atoms with Crippen molar-refractivity contribution < 1.29 is 9.53 Å². The molecule has 0 bridgehead atoms. The molecule has 1 aromatic heterocycles. The molecule has 0 fully saturated rings. The quantitative estimate of drug-likeness (QED) is 0.708. The molecular weight excluding hydrogens is 348 g/mol. The minimum Gasteiger partial charge on any atom is -0.463 e. The molecule has 6 nitrogen and oxygen atoms in total. The SMILES string of the molecule is CCOC(=O)C1=CCCN(Cc2ccc3c(c2)Nc2nccnc2S3)C1. The molecule has 26 heavy (non-hydrogen) atoms. The summed E-state index contributed by atoms with van der Waals surface area (Å²) < 4.78 is 5.13. The zero-order valence-corrected chi connectivity index (χ0v) is 15.4. The van der Waals surface area contributed by atoms with E-state index in [9.17, 15) is 4.79 Å². The van der Waals surface area contributed by atoms with Crippen LogP contribution < -0.4 is 5.32 Å². The summed E-state index contributed by atoms with van der Waals surface area (Å²) in [5.41, 5.74) is 3.02. The fourth-order valence-electron chi connectivity index (χ4n) is 3.15. The third kappa shape index (κ3) is 3.59. The Hall–Kier alpha value is -2.38. The molecule has 2 aliphatic rings. The van der Waals surface area contributed by atoms with Crippen LogP contribution in [0.5, 0.6) is 0 Å². The molecule has 0 saturated heterocycles. The summed E-state index contributed by atoms with van der Waals surface area (Å²) in [6.45, 7) is 4.61. The second kappa shape index (κ2) is 7.47. The van der Waals surface area contributed by atoms with Gasteiger partial charge in [-0.15, -0.1) is 0 Å². The molecule has 2 aliphatic heterocycles. The van der Waals surface area contributed by atoms with Crippen LogP contribution >= 0.6 is 11.8 Å². The first-order valence-corrected chi connectivity index (χ1v) is 9.52. The van der Waals surface area contributed by atoms with Crippen LogP contribution in [0.4, 0.5) is 11.5 Å². The number of fused-ring (bicyclic) bond motifs is 2. The van der Waals surface area contributed by atoms with Crippen molar-refractivity contribution in [1.29, 1.82) is 0 Å². The Morgan fingerprint density at radius 2 is 2.23 bits per heavy atom. The van der Waals surface area contributed by atoms with E-state index in [0.717, 1.165) is 46.5 Å². The van der Waals surface area contributed by atoms with Gasteiger partial charge in [0.1, 0.15) is 5.03 Å². The van der Waals surface area contributed by atoms with E-state index in [1.165, 1.54) is 5.56 Å². The van der Waals surface area contributed by atoms with E-state index in [4.69, 9.17) is 4.74 Å². The van der Waals surface area contributed by atoms with E-state index in [1.54, 1.807) is 24.2 Å². The molecule has 7 heteroatoms. The molecule has 0 unspecified atom stereocenters. The van der Waals surface area contributed by atoms with E-state index in [0.29, 0.717) is 13.2 Å². The van der Waals surface area contributed by atoms with E-state index in [-0.39, 0.29) is 5.97 Å². The Kier molecular flexibility index (Phi) is 4.90. The molecule has 0 amide bonds. The molecule has 0 spiro atoms. The molecule has 0 aliphatic carbocycles. The lowest BCUT2D eigenvalue weighted by Gasteiger charge is -2.27. The van der Waals surface area contributed by atoms with Crippen LogP contribution in [0.2, 0.25) is 0 Å². The Bertz CT molecular complexity index is 868. The predicted molar refractivity (Wildman–Crippen MR) is 100 cm³/mol. The maximum atomic E-state index is 12.0. The van der Waals surface area contributed by atoms with E-state index >= 15 is 0 Å².